The number of fused-ring (bicyclic) bond motifs is 1. The summed E-state index contributed by atoms with van der Waals surface area (Å²) in [5, 5.41) is 3.50. The molecule has 0 aromatic carbocycles. The molecule has 2 amide bonds. The summed E-state index contributed by atoms with van der Waals surface area (Å²) in [4.78, 5) is 39.0. The zero-order chi connectivity index (χ0) is 22.1. The summed E-state index contributed by atoms with van der Waals surface area (Å²) < 4.78 is 7.40. The van der Waals surface area contributed by atoms with E-state index in [2.05, 4.69) is 32.2 Å². The number of urea groups is 1. The first kappa shape index (κ1) is 20.6. The zero-order valence-corrected chi connectivity index (χ0v) is 18.4. The number of anilines is 1. The van der Waals surface area contributed by atoms with E-state index in [1.54, 1.807) is 18.7 Å². The monoisotopic (exact) mass is 437 g/mol. The maximum absolute atomic E-state index is 12.8. The van der Waals surface area contributed by atoms with Crippen LogP contribution in [0.1, 0.15) is 19.2 Å². The molecule has 0 radical (unpaired) electrons. The van der Waals surface area contributed by atoms with Crippen LogP contribution in [0.3, 0.4) is 0 Å². The average molecular weight is 438 g/mol. The number of hydrogen-bond donors (Lipinski definition) is 1. The molecule has 11 nitrogen and oxygen atoms in total. The van der Waals surface area contributed by atoms with Crippen molar-refractivity contribution in [3.8, 4) is 11.4 Å². The lowest BCUT2D eigenvalue weighted by atomic mass is 10.2. The lowest BCUT2D eigenvalue weighted by molar-refractivity contribution is 0.0451. The molecule has 5 rings (SSSR count). The molecule has 3 aromatic rings. The lowest BCUT2D eigenvalue weighted by Gasteiger charge is -2.31. The highest BCUT2D eigenvalue weighted by Crippen LogP contribution is 2.27. The summed E-state index contributed by atoms with van der Waals surface area (Å²) in [7, 11) is 0. The molecule has 168 valence electrons. The van der Waals surface area contributed by atoms with E-state index in [0.717, 1.165) is 30.0 Å². The summed E-state index contributed by atoms with van der Waals surface area (Å²) in [5.74, 6) is 2.16. The van der Waals surface area contributed by atoms with E-state index in [4.69, 9.17) is 9.72 Å². The van der Waals surface area contributed by atoms with Crippen LogP contribution in [-0.4, -0.2) is 90.8 Å². The van der Waals surface area contributed by atoms with Crippen LogP contribution in [-0.2, 0) is 11.3 Å². The molecule has 2 saturated heterocycles. The third-order valence-corrected chi connectivity index (χ3v) is 5.97. The molecule has 2 fully saturated rings. The number of amides is 2. The standard InChI is InChI=1S/C21H27N9O2/c1-3-30-19(15-10-22-14(2)23-11-15)27-17-18(24-13-25-20(17)30)26-16-4-5-29(12-16)21(31)28-6-8-32-9-7-28/h10-11,13,16H,3-9,12H2,1-2H3,(H,24,25,26). The molecule has 5 heterocycles. The van der Waals surface area contributed by atoms with E-state index in [1.165, 1.54) is 0 Å². The zero-order valence-electron chi connectivity index (χ0n) is 18.4. The molecule has 1 atom stereocenters. The van der Waals surface area contributed by atoms with Crippen molar-refractivity contribution in [2.24, 2.45) is 0 Å². The normalized spacial score (nSPS) is 19.0. The second-order valence-electron chi connectivity index (χ2n) is 8.05. The van der Waals surface area contributed by atoms with Gasteiger partial charge in [-0.25, -0.2) is 29.7 Å². The molecule has 0 saturated carbocycles. The van der Waals surface area contributed by atoms with Gasteiger partial charge >= 0.3 is 6.03 Å². The molecule has 0 spiro atoms. The Balaban J connectivity index is 1.37. The first-order chi connectivity index (χ1) is 15.6. The van der Waals surface area contributed by atoms with E-state index >= 15 is 0 Å². The van der Waals surface area contributed by atoms with Crippen LogP contribution in [0.5, 0.6) is 0 Å². The van der Waals surface area contributed by atoms with Gasteiger partial charge in [-0.2, -0.15) is 0 Å². The third-order valence-electron chi connectivity index (χ3n) is 5.97. The van der Waals surface area contributed by atoms with Crippen molar-refractivity contribution in [3.05, 3.63) is 24.5 Å². The minimum Gasteiger partial charge on any atom is -0.378 e. The third kappa shape index (κ3) is 3.83. The van der Waals surface area contributed by atoms with Gasteiger partial charge in [0.25, 0.3) is 0 Å². The number of morpholine rings is 1. The summed E-state index contributed by atoms with van der Waals surface area (Å²) in [6.07, 6.45) is 5.97. The predicted octanol–water partition coefficient (Wildman–Crippen LogP) is 1.55. The predicted molar refractivity (Wildman–Crippen MR) is 118 cm³/mol. The molecule has 3 aromatic heterocycles. The number of nitrogens with one attached hydrogen (secondary N) is 1. The maximum Gasteiger partial charge on any atom is 0.320 e. The van der Waals surface area contributed by atoms with Gasteiger partial charge in [-0.3, -0.25) is 0 Å². The molecular formula is C21H27N9O2. The van der Waals surface area contributed by atoms with Gasteiger partial charge in [0, 0.05) is 51.2 Å². The van der Waals surface area contributed by atoms with Crippen LogP contribution in [0, 0.1) is 6.92 Å². The summed E-state index contributed by atoms with van der Waals surface area (Å²) >= 11 is 0. The highest BCUT2D eigenvalue weighted by Gasteiger charge is 2.31. The fourth-order valence-electron chi connectivity index (χ4n) is 4.27. The van der Waals surface area contributed by atoms with Crippen LogP contribution in [0.15, 0.2) is 18.7 Å². The van der Waals surface area contributed by atoms with E-state index in [0.29, 0.717) is 56.6 Å². The molecule has 2 aliphatic rings. The van der Waals surface area contributed by atoms with Crippen LogP contribution in [0.4, 0.5) is 10.6 Å². The maximum atomic E-state index is 12.8. The van der Waals surface area contributed by atoms with Crippen LogP contribution in [0.2, 0.25) is 0 Å². The number of rotatable bonds is 4. The molecule has 2 aliphatic heterocycles. The topological polar surface area (TPSA) is 114 Å². The minimum atomic E-state index is 0.0855. The lowest BCUT2D eigenvalue weighted by Crippen LogP contribution is -2.47. The van der Waals surface area contributed by atoms with E-state index in [1.807, 2.05) is 21.3 Å². The number of likely N-dealkylation sites (tertiary alicyclic amines) is 1. The number of imidazole rings is 1. The Hall–Kier alpha value is -3.34. The number of aryl methyl sites for hydroxylation is 2. The average Bonchev–Trinajstić information content (AvgIpc) is 3.45. The fourth-order valence-corrected chi connectivity index (χ4v) is 4.27. The number of hydrogen-bond acceptors (Lipinski definition) is 8. The Kier molecular flexibility index (Phi) is 5.56. The van der Waals surface area contributed by atoms with Gasteiger partial charge in [0.05, 0.1) is 18.8 Å². The van der Waals surface area contributed by atoms with Crippen LogP contribution in [0.25, 0.3) is 22.6 Å². The van der Waals surface area contributed by atoms with Gasteiger partial charge in [-0.05, 0) is 20.3 Å². The molecule has 0 bridgehead atoms. The van der Waals surface area contributed by atoms with Gasteiger partial charge in [-0.1, -0.05) is 0 Å². The number of ether oxygens (including phenoxy) is 1. The molecule has 11 heteroatoms. The Morgan fingerprint density at radius 3 is 2.66 bits per heavy atom. The van der Waals surface area contributed by atoms with Gasteiger partial charge in [-0.15, -0.1) is 0 Å². The molecule has 0 aliphatic carbocycles. The summed E-state index contributed by atoms with van der Waals surface area (Å²) in [6.45, 7) is 8.49. The van der Waals surface area contributed by atoms with Gasteiger partial charge in [0.2, 0.25) is 0 Å². The number of aromatic nitrogens is 6. The molecule has 1 unspecified atom stereocenters. The van der Waals surface area contributed by atoms with Crippen molar-refractivity contribution in [2.45, 2.75) is 32.9 Å². The van der Waals surface area contributed by atoms with Crippen LogP contribution < -0.4 is 5.32 Å². The minimum absolute atomic E-state index is 0.0855. The van der Waals surface area contributed by atoms with E-state index in [9.17, 15) is 4.79 Å². The molecular weight excluding hydrogens is 410 g/mol. The molecule has 32 heavy (non-hydrogen) atoms. The highest BCUT2D eigenvalue weighted by molar-refractivity contribution is 5.86. The van der Waals surface area contributed by atoms with Crippen molar-refractivity contribution in [1.82, 2.24) is 39.3 Å². The van der Waals surface area contributed by atoms with Gasteiger partial charge < -0.3 is 24.4 Å². The Morgan fingerprint density at radius 1 is 1.12 bits per heavy atom. The second kappa shape index (κ2) is 8.65. The summed E-state index contributed by atoms with van der Waals surface area (Å²) in [5.41, 5.74) is 2.31. The Labute approximate surface area is 185 Å². The van der Waals surface area contributed by atoms with Crippen LogP contribution >= 0.6 is 0 Å². The number of carbonyl (C=O) groups excluding carboxylic acids is 1. The molecule has 1 N–H and O–H groups in total. The Bertz CT molecular complexity index is 1110. The SMILES string of the molecule is CCn1c(-c2cnc(C)nc2)nc2c(NC3CCN(C(=O)N4CCOCC4)C3)ncnc21. The second-order valence-corrected chi connectivity index (χ2v) is 8.05. The highest BCUT2D eigenvalue weighted by atomic mass is 16.5. The van der Waals surface area contributed by atoms with Crippen molar-refractivity contribution < 1.29 is 9.53 Å². The van der Waals surface area contributed by atoms with Gasteiger partial charge in [0.1, 0.15) is 18.0 Å². The first-order valence-electron chi connectivity index (χ1n) is 11.0. The Morgan fingerprint density at radius 2 is 1.91 bits per heavy atom. The van der Waals surface area contributed by atoms with Gasteiger partial charge in [0.15, 0.2) is 17.0 Å². The van der Waals surface area contributed by atoms with Crippen molar-refractivity contribution in [3.63, 3.8) is 0 Å². The fraction of sp³-hybridized carbons (Fsp3) is 0.524. The first-order valence-corrected chi connectivity index (χ1v) is 11.0. The van der Waals surface area contributed by atoms with E-state index < -0.39 is 0 Å². The largest absolute Gasteiger partial charge is 0.378 e. The number of carbonyl (C=O) groups is 1. The van der Waals surface area contributed by atoms with Crippen molar-refractivity contribution >= 4 is 23.0 Å². The number of nitrogens with zero attached hydrogens (tertiary/aromatic N) is 8. The van der Waals surface area contributed by atoms with Crippen molar-refractivity contribution in [2.75, 3.05) is 44.7 Å². The summed E-state index contributed by atoms with van der Waals surface area (Å²) in [6, 6.07) is 0.193. The van der Waals surface area contributed by atoms with Crippen molar-refractivity contribution in [1.29, 1.82) is 0 Å². The smallest absolute Gasteiger partial charge is 0.320 e. The quantitative estimate of drug-likeness (QED) is 0.654. The van der Waals surface area contributed by atoms with E-state index in [-0.39, 0.29) is 12.1 Å².